The molecule has 6 nitrogen and oxygen atoms in total. The molecule has 0 amide bonds. The monoisotopic (exact) mass is 1900 g/mol. The lowest BCUT2D eigenvalue weighted by atomic mass is 9.63. The largest absolute Gasteiger partial charge is 0.851 e. The number of rotatable bonds is 24. The highest BCUT2D eigenvalue weighted by molar-refractivity contribution is 5.91. The zero-order valence-electron chi connectivity index (χ0n) is 94.8. The number of hydrogen-bond donors (Lipinski definition) is 2. The van der Waals surface area contributed by atoms with Crippen LogP contribution in [0.3, 0.4) is 0 Å². The molecule has 0 radical (unpaired) electrons. The van der Waals surface area contributed by atoms with Gasteiger partial charge < -0.3 is 30.2 Å². The summed E-state index contributed by atoms with van der Waals surface area (Å²) >= 11 is 0. The average molecular weight is 1900 g/mol. The molecular weight excluding hydrogens is 1730 g/mol. The lowest BCUT2D eigenvalue weighted by Crippen LogP contribution is -2.63. The first-order chi connectivity index (χ1) is 65.8. The Hall–Kier alpha value is -8.68. The van der Waals surface area contributed by atoms with E-state index in [4.69, 9.17) is 0 Å². The second-order valence-electron chi connectivity index (χ2n) is 57.7. The molecule has 0 heterocycles. The van der Waals surface area contributed by atoms with Gasteiger partial charge in [-0.15, -0.1) is 12.2 Å². The van der Waals surface area contributed by atoms with Gasteiger partial charge in [0.2, 0.25) is 0 Å². The first-order valence-corrected chi connectivity index (χ1v) is 55.8. The van der Waals surface area contributed by atoms with Gasteiger partial charge in [0.05, 0.1) is 0 Å². The Balaban J connectivity index is 0.720. The van der Waals surface area contributed by atoms with Gasteiger partial charge in [0.25, 0.3) is 0 Å². The van der Waals surface area contributed by atoms with Gasteiger partial charge >= 0.3 is 0 Å². The van der Waals surface area contributed by atoms with E-state index in [1.807, 2.05) is 24.3 Å². The van der Waals surface area contributed by atoms with Crippen LogP contribution < -0.4 is 20.0 Å². The first-order valence-electron chi connectivity index (χ1n) is 55.8. The minimum atomic E-state index is -1.46. The van der Waals surface area contributed by atoms with Crippen molar-refractivity contribution in [3.05, 3.63) is 256 Å². The van der Waals surface area contributed by atoms with Crippen LogP contribution in [0.1, 0.15) is 486 Å². The van der Waals surface area contributed by atoms with Crippen LogP contribution in [-0.4, -0.2) is 22.4 Å². The van der Waals surface area contributed by atoms with Gasteiger partial charge in [-0.25, -0.2) is 0 Å². The van der Waals surface area contributed by atoms with Crippen molar-refractivity contribution >= 4 is 34.1 Å². The third-order valence-corrected chi connectivity index (χ3v) is 37.8. The molecular formula is C136H176N2O4-2. The van der Waals surface area contributed by atoms with Crippen LogP contribution in [-0.2, 0) is 112 Å². The third-order valence-electron chi connectivity index (χ3n) is 37.8. The topological polar surface area (TPSA) is 93.1 Å². The minimum absolute atomic E-state index is 0.00896. The summed E-state index contributed by atoms with van der Waals surface area (Å²) in [7, 11) is 0. The maximum absolute atomic E-state index is 15.7. The first kappa shape index (κ1) is 102. The van der Waals surface area contributed by atoms with Crippen molar-refractivity contribution in [1.82, 2.24) is 0 Å². The molecule has 0 spiro atoms. The quantitative estimate of drug-likeness (QED) is 0.0626. The molecule has 10 aromatic carbocycles. The number of aromatic hydroxyl groups is 2. The second-order valence-corrected chi connectivity index (χ2v) is 57.7. The maximum atomic E-state index is 15.7. The zero-order valence-corrected chi connectivity index (χ0v) is 94.8. The number of phenolic OH excluding ortho intramolecular Hbond substituents is 2. The molecule has 0 unspecified atom stereocenters. The summed E-state index contributed by atoms with van der Waals surface area (Å²) in [5, 5.41) is 57.4. The Morgan fingerprint density at radius 1 is 0.218 bits per heavy atom. The maximum Gasteiger partial charge on any atom is 0.121 e. The summed E-state index contributed by atoms with van der Waals surface area (Å²) in [6.07, 6.45) is 19.4. The predicted molar refractivity (Wildman–Crippen MR) is 600 cm³/mol. The van der Waals surface area contributed by atoms with E-state index < -0.39 is 24.0 Å². The van der Waals surface area contributed by atoms with Gasteiger partial charge in [0, 0.05) is 46.3 Å². The number of benzene rings is 10. The summed E-state index contributed by atoms with van der Waals surface area (Å²) in [6.45, 7) is 89.6. The number of fused-ring (bicyclic) bond motifs is 8. The van der Waals surface area contributed by atoms with Gasteiger partial charge in [-0.3, -0.25) is 0 Å². The third kappa shape index (κ3) is 15.7. The number of hydrogen-bond acceptors (Lipinski definition) is 6. The smallest absolute Gasteiger partial charge is 0.121 e. The molecule has 0 aliphatic heterocycles. The minimum Gasteiger partial charge on any atom is -0.851 e. The number of nitrogens with zero attached hydrogens (tertiary/aromatic N) is 2. The highest BCUT2D eigenvalue weighted by Gasteiger charge is 2.60. The Labute approximate surface area is 858 Å². The van der Waals surface area contributed by atoms with Gasteiger partial charge in [-0.1, -0.05) is 336 Å². The second kappa shape index (κ2) is 33.4. The zero-order chi connectivity index (χ0) is 103. The summed E-state index contributed by atoms with van der Waals surface area (Å²) in [6, 6.07) is 48.9. The SMILES string of the molecule is CCCCc1c2c(c(-c3ccc(N(c4ccc(-c5c6c(c(CCCC)c7c5C(C)(C)CC7(C)C)C(C)(C)CC6(C)C)cc4)c4ccc(C5C([O-])C(c6ccc(N(c7ccc(-c8c9c(c(CCCC)c%10c8C(C)(C)CC%10(C)C)C(C)(C)CC9(C)C)cc7)c7ccc(-c8c9c(c(CCCC)c%10c8C(C)(C)CC%10(C)C)C(C)(C)CC9(C)C)cc7)cc6O)C5[O-])c(O)c4)cc3)c3c1C(C)(C)CC3(C)C)C(C)(C)CC2(C)C. The molecule has 0 bridgehead atoms. The molecule has 1 fully saturated rings. The number of anilines is 6. The lowest BCUT2D eigenvalue weighted by molar-refractivity contribution is -0.536. The van der Waals surface area contributed by atoms with Crippen molar-refractivity contribution in [3.8, 4) is 56.0 Å². The Kier molecular flexibility index (Phi) is 24.0. The molecule has 756 valence electrons. The molecule has 9 aliphatic carbocycles. The van der Waals surface area contributed by atoms with E-state index in [0.29, 0.717) is 11.1 Å². The van der Waals surface area contributed by atoms with Crippen molar-refractivity contribution in [1.29, 1.82) is 0 Å². The van der Waals surface area contributed by atoms with E-state index in [-0.39, 0.29) is 98.1 Å². The fraction of sp³-hybridized carbons (Fsp3) is 0.559. The summed E-state index contributed by atoms with van der Waals surface area (Å²) in [5.74, 6) is -2.33. The van der Waals surface area contributed by atoms with Crippen molar-refractivity contribution in [2.24, 2.45) is 0 Å². The van der Waals surface area contributed by atoms with E-state index in [0.717, 1.165) is 137 Å². The molecule has 1 saturated carbocycles. The summed E-state index contributed by atoms with van der Waals surface area (Å²) in [5.41, 5.74) is 47.2. The van der Waals surface area contributed by atoms with Crippen LogP contribution in [0.4, 0.5) is 34.1 Å². The number of unbranched alkanes of at least 4 members (excludes halogenated alkanes) is 4. The molecule has 142 heavy (non-hydrogen) atoms. The lowest BCUT2D eigenvalue weighted by Gasteiger charge is -2.61. The van der Waals surface area contributed by atoms with E-state index in [1.165, 1.54) is 115 Å². The highest BCUT2D eigenvalue weighted by atomic mass is 16.3. The van der Waals surface area contributed by atoms with Gasteiger partial charge in [-0.05, 0) is 429 Å². The van der Waals surface area contributed by atoms with Gasteiger partial charge in [-0.2, -0.15) is 0 Å². The fourth-order valence-corrected chi connectivity index (χ4v) is 35.7. The van der Waals surface area contributed by atoms with Crippen molar-refractivity contribution in [2.75, 3.05) is 9.80 Å². The highest BCUT2D eigenvalue weighted by Crippen LogP contribution is 2.70. The van der Waals surface area contributed by atoms with E-state index >= 15 is 10.2 Å². The van der Waals surface area contributed by atoms with E-state index in [2.05, 4.69) is 356 Å². The van der Waals surface area contributed by atoms with Crippen molar-refractivity contribution in [3.63, 3.8) is 0 Å². The molecule has 10 aromatic rings. The Morgan fingerprint density at radius 3 is 0.514 bits per heavy atom. The van der Waals surface area contributed by atoms with Gasteiger partial charge in [0.15, 0.2) is 0 Å². The number of phenols is 2. The van der Waals surface area contributed by atoms with E-state index in [1.54, 1.807) is 78.9 Å². The molecule has 2 N–H and O–H groups in total. The molecule has 0 saturated heterocycles. The predicted octanol–water partition coefficient (Wildman–Crippen LogP) is 35.1. The fourth-order valence-electron chi connectivity index (χ4n) is 35.7. The van der Waals surface area contributed by atoms with E-state index in [9.17, 15) is 10.2 Å². The van der Waals surface area contributed by atoms with Crippen molar-refractivity contribution < 1.29 is 20.4 Å². The molecule has 0 atom stereocenters. The van der Waals surface area contributed by atoms with Crippen LogP contribution >= 0.6 is 0 Å². The standard InChI is InChI=1S/C136H176N2O4/c1-37-41-45-91-103-111(129(21,22)71-121(103,5)6)97(112-104(91)122(7,8)72-130(112,23)24)79-49-57-83(58-50-79)137(84-59-51-80(52-60-84)98-113-105(123(9,10)73-131(113,25)26)92(46-42-38-2)106-114(98)132(27,28)74-124(106,11)12)87-65-67-89(95(139)69-87)101-119(141)102(120(101)142)90-68-66-88(70-96(90)140)138(85-61-53-81(54-62-85)99-115-107(125(13,14)75-133(115,29)30)93(47-43-39-3)108-116(99)134(31,32)76-126(108,15)16)86-63-55-82(56-64-86)100-117-109(127(17,18)77-135(117,33)34)94(48-44-40-4)110-118(100)136(35,36)78-128(110,19)20/h49-70,101-102,119-120,139-140H,37-48,71-78H2,1-36H3/q-2. The Morgan fingerprint density at radius 2 is 0.366 bits per heavy atom. The summed E-state index contributed by atoms with van der Waals surface area (Å²) < 4.78 is 0. The average Bonchev–Trinajstić information content (AvgIpc) is 1.53. The summed E-state index contributed by atoms with van der Waals surface area (Å²) in [4.78, 5) is 4.55. The normalized spacial score (nSPS) is 23.4. The molecule has 6 heteroatoms. The molecule has 9 aliphatic rings. The molecule has 19 rings (SSSR count). The molecule has 0 aromatic heterocycles. The van der Waals surface area contributed by atoms with Crippen LogP contribution in [0.2, 0.25) is 0 Å². The Bertz CT molecular complexity index is 5770. The van der Waals surface area contributed by atoms with Crippen molar-refractivity contribution in [2.45, 2.75) is 488 Å². The van der Waals surface area contributed by atoms with Crippen LogP contribution in [0, 0.1) is 0 Å². The van der Waals surface area contributed by atoms with Gasteiger partial charge in [0.1, 0.15) is 11.5 Å². The van der Waals surface area contributed by atoms with Crippen LogP contribution in [0.5, 0.6) is 11.5 Å². The van der Waals surface area contributed by atoms with Crippen LogP contribution in [0.15, 0.2) is 133 Å². The van der Waals surface area contributed by atoms with Crippen LogP contribution in [0.25, 0.3) is 44.5 Å².